The second kappa shape index (κ2) is 3.92. The summed E-state index contributed by atoms with van der Waals surface area (Å²) in [4.78, 5) is 12.4. The van der Waals surface area contributed by atoms with Crippen molar-refractivity contribution in [1.29, 1.82) is 0 Å². The van der Waals surface area contributed by atoms with Crippen molar-refractivity contribution in [3.05, 3.63) is 22.4 Å². The molecule has 0 atom stereocenters. The second-order valence-electron chi connectivity index (χ2n) is 3.43. The van der Waals surface area contributed by atoms with Crippen LogP contribution < -0.4 is 5.32 Å². The van der Waals surface area contributed by atoms with E-state index in [1.54, 1.807) is 11.3 Å². The van der Waals surface area contributed by atoms with Crippen molar-refractivity contribution < 1.29 is 4.79 Å². The van der Waals surface area contributed by atoms with Crippen molar-refractivity contribution in [2.45, 2.75) is 19.3 Å². The Morgan fingerprint density at radius 2 is 2.46 bits per heavy atom. The molecule has 1 saturated carbocycles. The van der Waals surface area contributed by atoms with E-state index < -0.39 is 0 Å². The van der Waals surface area contributed by atoms with Gasteiger partial charge in [-0.2, -0.15) is 0 Å². The van der Waals surface area contributed by atoms with Crippen LogP contribution in [0.1, 0.15) is 17.7 Å². The van der Waals surface area contributed by atoms with Gasteiger partial charge in [0.05, 0.1) is 6.42 Å². The Balaban J connectivity index is 1.71. The van der Waals surface area contributed by atoms with Gasteiger partial charge in [0.15, 0.2) is 0 Å². The molecule has 1 aliphatic rings. The fraction of sp³-hybridized carbons (Fsp3) is 0.500. The van der Waals surface area contributed by atoms with Gasteiger partial charge in [-0.15, -0.1) is 11.3 Å². The van der Waals surface area contributed by atoms with Crippen LogP contribution in [-0.4, -0.2) is 12.5 Å². The molecule has 1 aliphatic carbocycles. The molecule has 0 unspecified atom stereocenters. The Kier molecular flexibility index (Phi) is 2.64. The van der Waals surface area contributed by atoms with Gasteiger partial charge in [0.2, 0.25) is 5.91 Å². The third-order valence-electron chi connectivity index (χ3n) is 2.13. The summed E-state index contributed by atoms with van der Waals surface area (Å²) in [6.07, 6.45) is 3.01. The van der Waals surface area contributed by atoms with Gasteiger partial charge in [0.1, 0.15) is 0 Å². The molecule has 0 spiro atoms. The molecule has 2 rings (SSSR count). The van der Waals surface area contributed by atoms with E-state index in [1.165, 1.54) is 12.8 Å². The standard InChI is InChI=1S/C10H12NOS/c12-10(11-7-8-3-4-8)6-9-2-1-5-13-9/h1-2,5,8H,3-4,6-7H2. The summed E-state index contributed by atoms with van der Waals surface area (Å²) in [5, 5.41) is 6.02. The maximum absolute atomic E-state index is 11.3. The molecule has 69 valence electrons. The molecular weight excluding hydrogens is 182 g/mol. The Morgan fingerprint density at radius 1 is 1.62 bits per heavy atom. The van der Waals surface area contributed by atoms with E-state index in [9.17, 15) is 4.79 Å². The lowest BCUT2D eigenvalue weighted by atomic mass is 10.3. The highest BCUT2D eigenvalue weighted by Crippen LogP contribution is 2.27. The summed E-state index contributed by atoms with van der Waals surface area (Å²) >= 11 is 1.62. The first-order valence-electron chi connectivity index (χ1n) is 4.57. The lowest BCUT2D eigenvalue weighted by Crippen LogP contribution is -2.19. The molecule has 2 nitrogen and oxygen atoms in total. The lowest BCUT2D eigenvalue weighted by molar-refractivity contribution is -0.120. The zero-order valence-corrected chi connectivity index (χ0v) is 8.22. The molecule has 0 N–H and O–H groups in total. The molecular formula is C10H12NOS. The predicted molar refractivity (Wildman–Crippen MR) is 52.8 cm³/mol. The largest absolute Gasteiger partial charge is 0.273 e. The van der Waals surface area contributed by atoms with E-state index in [-0.39, 0.29) is 5.91 Å². The molecule has 0 aliphatic heterocycles. The number of amides is 1. The second-order valence-corrected chi connectivity index (χ2v) is 4.47. The monoisotopic (exact) mass is 194 g/mol. The van der Waals surface area contributed by atoms with Crippen molar-refractivity contribution >= 4 is 17.2 Å². The molecule has 1 amide bonds. The predicted octanol–water partition coefficient (Wildman–Crippen LogP) is 1.83. The van der Waals surface area contributed by atoms with Crippen LogP contribution in [0.25, 0.3) is 0 Å². The van der Waals surface area contributed by atoms with Crippen LogP contribution in [-0.2, 0) is 11.2 Å². The highest BCUT2D eigenvalue weighted by atomic mass is 32.1. The quantitative estimate of drug-likeness (QED) is 0.719. The van der Waals surface area contributed by atoms with Gasteiger partial charge in [-0.1, -0.05) is 6.07 Å². The van der Waals surface area contributed by atoms with Gasteiger partial charge < -0.3 is 0 Å². The Hall–Kier alpha value is -0.830. The first-order valence-corrected chi connectivity index (χ1v) is 5.45. The summed E-state index contributed by atoms with van der Waals surface area (Å²) < 4.78 is 0. The zero-order chi connectivity index (χ0) is 9.10. The average Bonchev–Trinajstić information content (AvgIpc) is 2.82. The first-order chi connectivity index (χ1) is 6.34. The van der Waals surface area contributed by atoms with Crippen molar-refractivity contribution in [1.82, 2.24) is 5.32 Å². The highest BCUT2D eigenvalue weighted by molar-refractivity contribution is 7.10. The van der Waals surface area contributed by atoms with Crippen LogP contribution in [0.15, 0.2) is 17.5 Å². The fourth-order valence-electron chi connectivity index (χ4n) is 1.15. The van der Waals surface area contributed by atoms with E-state index in [1.807, 2.05) is 17.5 Å². The highest BCUT2D eigenvalue weighted by Gasteiger charge is 2.22. The molecule has 1 heterocycles. The minimum absolute atomic E-state index is 0.0364. The smallest absolute Gasteiger partial charge is 0.246 e. The van der Waals surface area contributed by atoms with Crippen LogP contribution in [0, 0.1) is 5.92 Å². The minimum Gasteiger partial charge on any atom is -0.273 e. The number of nitrogens with zero attached hydrogens (tertiary/aromatic N) is 1. The minimum atomic E-state index is 0.0364. The average molecular weight is 194 g/mol. The molecule has 1 aromatic rings. The van der Waals surface area contributed by atoms with Crippen LogP contribution >= 0.6 is 11.3 Å². The third kappa shape index (κ3) is 2.84. The summed E-state index contributed by atoms with van der Waals surface area (Å²) in [6.45, 7) is 0.754. The van der Waals surface area contributed by atoms with Crippen LogP contribution in [0.3, 0.4) is 0 Å². The van der Waals surface area contributed by atoms with E-state index in [4.69, 9.17) is 0 Å². The summed E-state index contributed by atoms with van der Waals surface area (Å²) in [5.74, 6) is 0.752. The van der Waals surface area contributed by atoms with Gasteiger partial charge in [0, 0.05) is 11.4 Å². The number of hydrogen-bond donors (Lipinski definition) is 0. The summed E-state index contributed by atoms with van der Waals surface area (Å²) in [5.41, 5.74) is 0. The molecule has 0 bridgehead atoms. The van der Waals surface area contributed by atoms with Gasteiger partial charge >= 0.3 is 0 Å². The summed E-state index contributed by atoms with van der Waals surface area (Å²) in [7, 11) is 0. The van der Waals surface area contributed by atoms with Gasteiger partial charge in [-0.05, 0) is 30.2 Å². The normalized spacial score (nSPS) is 15.7. The van der Waals surface area contributed by atoms with Crippen LogP contribution in [0.5, 0.6) is 0 Å². The van der Waals surface area contributed by atoms with E-state index in [0.717, 1.165) is 11.4 Å². The van der Waals surface area contributed by atoms with Gasteiger partial charge in [-0.25, -0.2) is 0 Å². The molecule has 0 aromatic carbocycles. The Bertz CT molecular complexity index is 277. The number of hydrogen-bond acceptors (Lipinski definition) is 2. The molecule has 1 aromatic heterocycles. The lowest BCUT2D eigenvalue weighted by Gasteiger charge is -1.98. The Labute approximate surface area is 82.0 Å². The summed E-state index contributed by atoms with van der Waals surface area (Å²) in [6, 6.07) is 3.95. The Morgan fingerprint density at radius 3 is 3.08 bits per heavy atom. The van der Waals surface area contributed by atoms with Gasteiger partial charge in [0.25, 0.3) is 0 Å². The molecule has 0 saturated heterocycles. The van der Waals surface area contributed by atoms with E-state index in [0.29, 0.717) is 12.3 Å². The van der Waals surface area contributed by atoms with Crippen molar-refractivity contribution in [2.75, 3.05) is 6.54 Å². The SMILES string of the molecule is O=C(Cc1cccs1)[N]CC1CC1. The topological polar surface area (TPSA) is 31.2 Å². The van der Waals surface area contributed by atoms with Crippen LogP contribution in [0.2, 0.25) is 0 Å². The number of rotatable bonds is 4. The number of carbonyl (C=O) groups is 1. The maximum Gasteiger partial charge on any atom is 0.246 e. The number of thiophene rings is 1. The molecule has 1 fully saturated rings. The van der Waals surface area contributed by atoms with Crippen LogP contribution in [0.4, 0.5) is 0 Å². The molecule has 3 heteroatoms. The zero-order valence-electron chi connectivity index (χ0n) is 7.40. The third-order valence-corrected chi connectivity index (χ3v) is 3.00. The van der Waals surface area contributed by atoms with E-state index in [2.05, 4.69) is 5.32 Å². The molecule has 1 radical (unpaired) electrons. The van der Waals surface area contributed by atoms with Crippen molar-refractivity contribution in [3.63, 3.8) is 0 Å². The fourth-order valence-corrected chi connectivity index (χ4v) is 1.85. The molecule has 13 heavy (non-hydrogen) atoms. The number of carbonyl (C=O) groups excluding carboxylic acids is 1. The van der Waals surface area contributed by atoms with Crippen molar-refractivity contribution in [3.8, 4) is 0 Å². The maximum atomic E-state index is 11.3. The van der Waals surface area contributed by atoms with Gasteiger partial charge in [-0.3, -0.25) is 10.1 Å². The van der Waals surface area contributed by atoms with E-state index >= 15 is 0 Å². The first kappa shape index (κ1) is 8.75. The van der Waals surface area contributed by atoms with Crippen molar-refractivity contribution in [2.24, 2.45) is 5.92 Å².